The van der Waals surface area contributed by atoms with Gasteiger partial charge in [-0.25, -0.2) is 10.1 Å². The molecule has 0 aromatic carbocycles. The average molecular weight is 216 g/mol. The van der Waals surface area contributed by atoms with Gasteiger partial charge in [0.25, 0.3) is 5.56 Å². The normalized spacial score (nSPS) is 10.6. The highest BCUT2D eigenvalue weighted by atomic mass is 35.5. The van der Waals surface area contributed by atoms with E-state index in [1.165, 1.54) is 12.4 Å². The number of aromatic amines is 1. The van der Waals surface area contributed by atoms with Crippen LogP contribution in [0.15, 0.2) is 17.2 Å². The average Bonchev–Trinajstić information content (AvgIpc) is 2.12. The highest BCUT2D eigenvalue weighted by Crippen LogP contribution is 2.24. The van der Waals surface area contributed by atoms with Crippen LogP contribution in [0, 0.1) is 0 Å². The maximum atomic E-state index is 11.3. The van der Waals surface area contributed by atoms with Crippen LogP contribution in [0.3, 0.4) is 0 Å². The summed E-state index contributed by atoms with van der Waals surface area (Å²) in [6.07, 6.45) is 2.91. The lowest BCUT2D eigenvalue weighted by Crippen LogP contribution is -2.08. The van der Waals surface area contributed by atoms with Gasteiger partial charge in [0.15, 0.2) is 0 Å². The molecule has 0 atom stereocenters. The van der Waals surface area contributed by atoms with Gasteiger partial charge in [-0.1, -0.05) is 23.2 Å². The van der Waals surface area contributed by atoms with Crippen molar-refractivity contribution in [2.45, 2.75) is 0 Å². The van der Waals surface area contributed by atoms with E-state index in [4.69, 9.17) is 23.2 Å². The zero-order valence-electron chi connectivity index (χ0n) is 6.21. The molecule has 0 bridgehead atoms. The second-order valence-electron chi connectivity index (χ2n) is 2.39. The summed E-state index contributed by atoms with van der Waals surface area (Å²) >= 11 is 11.4. The summed E-state index contributed by atoms with van der Waals surface area (Å²) in [6.45, 7) is 0. The predicted octanol–water partition coefficient (Wildman–Crippen LogP) is 1.62. The molecule has 0 amide bonds. The minimum atomic E-state index is -0.369. The molecule has 2 aromatic heterocycles. The maximum Gasteiger partial charge on any atom is 0.273 e. The summed E-state index contributed by atoms with van der Waals surface area (Å²) in [4.78, 5) is 15.1. The number of H-pyrrole nitrogens is 1. The fraction of sp³-hybridized carbons (Fsp3) is 0. The molecule has 0 aliphatic heterocycles. The Bertz CT molecular complexity index is 523. The Morgan fingerprint density at radius 1 is 1.31 bits per heavy atom. The third kappa shape index (κ3) is 1.28. The predicted molar refractivity (Wildman–Crippen MR) is 50.2 cm³/mol. The standard InChI is InChI=1S/C7H3Cl2N3O/c8-5-4-3(1-10-6(5)9)2-11-12-7(4)13/h1-2H,(H,12,13). The minimum Gasteiger partial charge on any atom is -0.267 e. The number of halogens is 2. The van der Waals surface area contributed by atoms with Crippen LogP contribution in [-0.2, 0) is 0 Å². The lowest BCUT2D eigenvalue weighted by Gasteiger charge is -1.98. The zero-order valence-corrected chi connectivity index (χ0v) is 7.73. The first-order valence-corrected chi connectivity index (χ1v) is 4.13. The third-order valence-corrected chi connectivity index (χ3v) is 2.35. The van der Waals surface area contributed by atoms with Crippen molar-refractivity contribution < 1.29 is 0 Å². The molecule has 0 spiro atoms. The second-order valence-corrected chi connectivity index (χ2v) is 3.13. The molecule has 0 aliphatic carbocycles. The Kier molecular flexibility index (Phi) is 1.94. The zero-order chi connectivity index (χ0) is 9.42. The molecule has 2 rings (SSSR count). The van der Waals surface area contributed by atoms with Crippen LogP contribution in [-0.4, -0.2) is 15.2 Å². The molecule has 0 fully saturated rings. The van der Waals surface area contributed by atoms with Crippen LogP contribution in [0.1, 0.15) is 0 Å². The van der Waals surface area contributed by atoms with Crippen molar-refractivity contribution in [2.75, 3.05) is 0 Å². The largest absolute Gasteiger partial charge is 0.273 e. The summed E-state index contributed by atoms with van der Waals surface area (Å²) in [5.41, 5.74) is -0.369. The van der Waals surface area contributed by atoms with Gasteiger partial charge in [0.2, 0.25) is 0 Å². The third-order valence-electron chi connectivity index (χ3n) is 1.60. The number of hydrogen-bond acceptors (Lipinski definition) is 3. The topological polar surface area (TPSA) is 58.6 Å². The van der Waals surface area contributed by atoms with Crippen molar-refractivity contribution >= 4 is 34.0 Å². The fourth-order valence-corrected chi connectivity index (χ4v) is 1.41. The van der Waals surface area contributed by atoms with Gasteiger partial charge in [-0.2, -0.15) is 5.10 Å². The van der Waals surface area contributed by atoms with E-state index < -0.39 is 0 Å². The van der Waals surface area contributed by atoms with Gasteiger partial charge in [0.1, 0.15) is 5.15 Å². The number of aromatic nitrogens is 3. The van der Waals surface area contributed by atoms with Crippen molar-refractivity contribution in [3.63, 3.8) is 0 Å². The van der Waals surface area contributed by atoms with E-state index >= 15 is 0 Å². The lowest BCUT2D eigenvalue weighted by atomic mass is 10.2. The smallest absolute Gasteiger partial charge is 0.267 e. The summed E-state index contributed by atoms with van der Waals surface area (Å²) in [6, 6.07) is 0. The van der Waals surface area contributed by atoms with E-state index in [2.05, 4.69) is 15.2 Å². The van der Waals surface area contributed by atoms with Crippen LogP contribution < -0.4 is 5.56 Å². The first-order valence-electron chi connectivity index (χ1n) is 3.37. The molecule has 13 heavy (non-hydrogen) atoms. The Morgan fingerprint density at radius 2 is 2.08 bits per heavy atom. The molecule has 6 heteroatoms. The van der Waals surface area contributed by atoms with Crippen molar-refractivity contribution in [1.82, 2.24) is 15.2 Å². The summed E-state index contributed by atoms with van der Waals surface area (Å²) in [5, 5.41) is 7.03. The van der Waals surface area contributed by atoms with Crippen molar-refractivity contribution in [1.29, 1.82) is 0 Å². The Balaban J connectivity index is 3.06. The van der Waals surface area contributed by atoms with E-state index in [1.807, 2.05) is 0 Å². The molecule has 0 radical (unpaired) electrons. The fourth-order valence-electron chi connectivity index (χ4n) is 1.02. The number of hydrogen-bond donors (Lipinski definition) is 1. The molecular formula is C7H3Cl2N3O. The van der Waals surface area contributed by atoms with Gasteiger partial charge >= 0.3 is 0 Å². The van der Waals surface area contributed by atoms with Crippen molar-refractivity contribution in [3.05, 3.63) is 32.9 Å². The first kappa shape index (κ1) is 8.47. The number of pyridine rings is 1. The van der Waals surface area contributed by atoms with Gasteiger partial charge in [-0.15, -0.1) is 0 Å². The van der Waals surface area contributed by atoms with E-state index in [-0.39, 0.29) is 15.7 Å². The molecule has 1 N–H and O–H groups in total. The molecule has 66 valence electrons. The Morgan fingerprint density at radius 3 is 2.85 bits per heavy atom. The summed E-state index contributed by atoms with van der Waals surface area (Å²) in [5.74, 6) is 0. The number of fused-ring (bicyclic) bond motifs is 1. The molecule has 0 saturated heterocycles. The highest BCUT2D eigenvalue weighted by Gasteiger charge is 2.08. The highest BCUT2D eigenvalue weighted by molar-refractivity contribution is 6.44. The van der Waals surface area contributed by atoms with Crippen LogP contribution in [0.25, 0.3) is 10.8 Å². The second kappa shape index (κ2) is 2.97. The lowest BCUT2D eigenvalue weighted by molar-refractivity contribution is 1.01. The van der Waals surface area contributed by atoms with Gasteiger partial charge in [-0.3, -0.25) is 4.79 Å². The van der Waals surface area contributed by atoms with Gasteiger partial charge in [0.05, 0.1) is 16.6 Å². The summed E-state index contributed by atoms with van der Waals surface area (Å²) < 4.78 is 0. The maximum absolute atomic E-state index is 11.3. The van der Waals surface area contributed by atoms with Crippen LogP contribution in [0.4, 0.5) is 0 Å². The van der Waals surface area contributed by atoms with E-state index in [0.717, 1.165) is 0 Å². The van der Waals surface area contributed by atoms with Crippen LogP contribution >= 0.6 is 23.2 Å². The number of nitrogens with zero attached hydrogens (tertiary/aromatic N) is 2. The minimum absolute atomic E-state index is 0.117. The molecule has 2 aromatic rings. The molecular weight excluding hydrogens is 213 g/mol. The number of rotatable bonds is 0. The molecule has 0 saturated carbocycles. The van der Waals surface area contributed by atoms with Crippen molar-refractivity contribution in [2.24, 2.45) is 0 Å². The molecule has 4 nitrogen and oxygen atoms in total. The van der Waals surface area contributed by atoms with E-state index in [1.54, 1.807) is 0 Å². The molecule has 0 aliphatic rings. The molecule has 2 heterocycles. The monoisotopic (exact) mass is 215 g/mol. The van der Waals surface area contributed by atoms with Crippen LogP contribution in [0.2, 0.25) is 10.2 Å². The van der Waals surface area contributed by atoms with Gasteiger partial charge in [-0.05, 0) is 0 Å². The van der Waals surface area contributed by atoms with Gasteiger partial charge < -0.3 is 0 Å². The van der Waals surface area contributed by atoms with Gasteiger partial charge in [0, 0.05) is 11.6 Å². The van der Waals surface area contributed by atoms with Crippen LogP contribution in [0.5, 0.6) is 0 Å². The van der Waals surface area contributed by atoms with E-state index in [0.29, 0.717) is 10.8 Å². The number of nitrogens with one attached hydrogen (secondary N) is 1. The van der Waals surface area contributed by atoms with E-state index in [9.17, 15) is 4.79 Å². The quantitative estimate of drug-likeness (QED) is 0.680. The first-order chi connectivity index (χ1) is 6.20. The Hall–Kier alpha value is -1.13. The summed E-state index contributed by atoms with van der Waals surface area (Å²) in [7, 11) is 0. The van der Waals surface area contributed by atoms with Crippen molar-refractivity contribution in [3.8, 4) is 0 Å². The Labute approximate surface area is 82.5 Å². The SMILES string of the molecule is O=c1[nH]ncc2cnc(Cl)c(Cl)c12. The molecule has 0 unspecified atom stereocenters.